The maximum atomic E-state index is 11.6. The van der Waals surface area contributed by atoms with Gasteiger partial charge in [-0.1, -0.05) is 30.3 Å². The Balaban J connectivity index is 1.83. The van der Waals surface area contributed by atoms with Crippen LogP contribution >= 0.6 is 0 Å². The lowest BCUT2D eigenvalue weighted by atomic mass is 10.2. The molecule has 0 bridgehead atoms. The Morgan fingerprint density at radius 2 is 1.76 bits per heavy atom. The summed E-state index contributed by atoms with van der Waals surface area (Å²) in [4.78, 5) is 24.7. The van der Waals surface area contributed by atoms with E-state index in [9.17, 15) is 9.59 Å². The molecule has 0 atom stereocenters. The van der Waals surface area contributed by atoms with Crippen molar-refractivity contribution in [2.24, 2.45) is 0 Å². The van der Waals surface area contributed by atoms with Gasteiger partial charge in [0.25, 0.3) is 0 Å². The summed E-state index contributed by atoms with van der Waals surface area (Å²) in [7, 11) is 0. The zero-order valence-electron chi connectivity index (χ0n) is 9.59. The summed E-state index contributed by atoms with van der Waals surface area (Å²) in [6.07, 6.45) is 1.94. The van der Waals surface area contributed by atoms with Gasteiger partial charge in [0.2, 0.25) is 0 Å². The number of carbonyl (C=O) groups excluding carboxylic acids is 2. The van der Waals surface area contributed by atoms with Gasteiger partial charge in [-0.25, -0.2) is 4.79 Å². The van der Waals surface area contributed by atoms with Crippen molar-refractivity contribution in [3.8, 4) is 0 Å². The molecular weight excluding hydrogens is 218 g/mol. The van der Waals surface area contributed by atoms with Crippen LogP contribution in [0.3, 0.4) is 0 Å². The second kappa shape index (κ2) is 5.48. The molecule has 1 aliphatic heterocycles. The molecule has 1 aromatic carbocycles. The molecule has 1 amide bonds. The van der Waals surface area contributed by atoms with Crippen LogP contribution in [0.5, 0.6) is 0 Å². The van der Waals surface area contributed by atoms with Crippen LogP contribution in [0.2, 0.25) is 0 Å². The van der Waals surface area contributed by atoms with Crippen LogP contribution in [0.1, 0.15) is 18.4 Å². The van der Waals surface area contributed by atoms with E-state index < -0.39 is 11.9 Å². The zero-order valence-corrected chi connectivity index (χ0v) is 9.59. The summed E-state index contributed by atoms with van der Waals surface area (Å²) in [5.74, 6) is -1.27. The average molecular weight is 233 g/mol. The molecule has 1 aromatic rings. The number of hydrogen-bond acceptors (Lipinski definition) is 3. The SMILES string of the molecule is O=C(OCc1ccccc1)C(=O)N1CCCC1. The monoisotopic (exact) mass is 233 g/mol. The summed E-state index contributed by atoms with van der Waals surface area (Å²) >= 11 is 0. The third-order valence-electron chi connectivity index (χ3n) is 2.78. The average Bonchev–Trinajstić information content (AvgIpc) is 2.90. The number of hydrogen-bond donors (Lipinski definition) is 0. The molecule has 0 spiro atoms. The number of benzene rings is 1. The van der Waals surface area contributed by atoms with Crippen LogP contribution in [0, 0.1) is 0 Å². The Morgan fingerprint density at radius 3 is 2.41 bits per heavy atom. The largest absolute Gasteiger partial charge is 0.454 e. The second-order valence-electron chi connectivity index (χ2n) is 4.06. The maximum Gasteiger partial charge on any atom is 0.397 e. The number of likely N-dealkylation sites (tertiary alicyclic amines) is 1. The number of ether oxygens (including phenoxy) is 1. The fourth-order valence-corrected chi connectivity index (χ4v) is 1.83. The van der Waals surface area contributed by atoms with E-state index in [0.717, 1.165) is 18.4 Å². The summed E-state index contributed by atoms with van der Waals surface area (Å²) in [5, 5.41) is 0. The number of amides is 1. The first-order valence-electron chi connectivity index (χ1n) is 5.77. The Labute approximate surface area is 100 Å². The lowest BCUT2D eigenvalue weighted by Crippen LogP contribution is -2.35. The van der Waals surface area contributed by atoms with Gasteiger partial charge in [0.15, 0.2) is 0 Å². The van der Waals surface area contributed by atoms with Gasteiger partial charge in [-0.3, -0.25) is 4.79 Å². The summed E-state index contributed by atoms with van der Waals surface area (Å²) < 4.78 is 4.97. The van der Waals surface area contributed by atoms with Crippen molar-refractivity contribution < 1.29 is 14.3 Å². The molecule has 1 fully saturated rings. The first kappa shape index (κ1) is 11.6. The van der Waals surface area contributed by atoms with Crippen LogP contribution in [0.25, 0.3) is 0 Å². The van der Waals surface area contributed by atoms with E-state index in [1.807, 2.05) is 30.3 Å². The molecule has 1 heterocycles. The quantitative estimate of drug-likeness (QED) is 0.572. The molecule has 0 aliphatic carbocycles. The van der Waals surface area contributed by atoms with Gasteiger partial charge in [0.05, 0.1) is 0 Å². The number of carbonyl (C=O) groups is 2. The minimum absolute atomic E-state index is 0.152. The zero-order chi connectivity index (χ0) is 12.1. The molecule has 0 radical (unpaired) electrons. The highest BCUT2D eigenvalue weighted by Gasteiger charge is 2.25. The first-order chi connectivity index (χ1) is 8.27. The highest BCUT2D eigenvalue weighted by atomic mass is 16.5. The van der Waals surface area contributed by atoms with Gasteiger partial charge >= 0.3 is 11.9 Å². The molecule has 4 nitrogen and oxygen atoms in total. The van der Waals surface area contributed by atoms with Crippen molar-refractivity contribution in [2.75, 3.05) is 13.1 Å². The van der Waals surface area contributed by atoms with Crippen LogP contribution < -0.4 is 0 Å². The third-order valence-corrected chi connectivity index (χ3v) is 2.78. The Kier molecular flexibility index (Phi) is 3.75. The van der Waals surface area contributed by atoms with Crippen LogP contribution in [-0.4, -0.2) is 29.9 Å². The van der Waals surface area contributed by atoms with E-state index >= 15 is 0 Å². The van der Waals surface area contributed by atoms with Crippen molar-refractivity contribution in [1.82, 2.24) is 4.90 Å². The van der Waals surface area contributed by atoms with Crippen molar-refractivity contribution in [1.29, 1.82) is 0 Å². The molecule has 2 rings (SSSR count). The fourth-order valence-electron chi connectivity index (χ4n) is 1.83. The van der Waals surface area contributed by atoms with E-state index in [4.69, 9.17) is 4.74 Å². The Bertz CT molecular complexity index is 396. The summed E-state index contributed by atoms with van der Waals surface area (Å²) in [5.41, 5.74) is 0.884. The topological polar surface area (TPSA) is 46.6 Å². The molecule has 4 heteroatoms. The lowest BCUT2D eigenvalue weighted by molar-refractivity contribution is -0.160. The predicted molar refractivity (Wildman–Crippen MR) is 62.1 cm³/mol. The molecule has 0 aromatic heterocycles. The van der Waals surface area contributed by atoms with Crippen molar-refractivity contribution in [2.45, 2.75) is 19.4 Å². The molecule has 1 saturated heterocycles. The molecule has 90 valence electrons. The van der Waals surface area contributed by atoms with Gasteiger partial charge in [0.1, 0.15) is 6.61 Å². The van der Waals surface area contributed by atoms with Gasteiger partial charge in [-0.2, -0.15) is 0 Å². The first-order valence-corrected chi connectivity index (χ1v) is 5.77. The standard InChI is InChI=1S/C13H15NO3/c15-12(14-8-4-5-9-14)13(16)17-10-11-6-2-1-3-7-11/h1-3,6-7H,4-5,8-10H2. The number of rotatable bonds is 2. The molecule has 1 aliphatic rings. The lowest BCUT2D eigenvalue weighted by Gasteiger charge is -2.13. The highest BCUT2D eigenvalue weighted by Crippen LogP contribution is 2.08. The van der Waals surface area contributed by atoms with Crippen molar-refractivity contribution >= 4 is 11.9 Å². The minimum atomic E-state index is -0.754. The van der Waals surface area contributed by atoms with E-state index in [-0.39, 0.29) is 6.61 Å². The van der Waals surface area contributed by atoms with Gasteiger partial charge < -0.3 is 9.64 Å². The van der Waals surface area contributed by atoms with Crippen LogP contribution in [0.15, 0.2) is 30.3 Å². The van der Waals surface area contributed by atoms with E-state index in [0.29, 0.717) is 13.1 Å². The minimum Gasteiger partial charge on any atom is -0.454 e. The van der Waals surface area contributed by atoms with E-state index in [1.165, 1.54) is 0 Å². The second-order valence-corrected chi connectivity index (χ2v) is 4.06. The molecule has 0 saturated carbocycles. The molecule has 17 heavy (non-hydrogen) atoms. The summed E-state index contributed by atoms with van der Waals surface area (Å²) in [6.45, 7) is 1.48. The van der Waals surface area contributed by atoms with Gasteiger partial charge in [-0.15, -0.1) is 0 Å². The highest BCUT2D eigenvalue weighted by molar-refractivity contribution is 6.32. The summed E-state index contributed by atoms with van der Waals surface area (Å²) in [6, 6.07) is 9.33. The number of nitrogens with zero attached hydrogens (tertiary/aromatic N) is 1. The van der Waals surface area contributed by atoms with Gasteiger partial charge in [-0.05, 0) is 18.4 Å². The van der Waals surface area contributed by atoms with Crippen molar-refractivity contribution in [3.63, 3.8) is 0 Å². The predicted octanol–water partition coefficient (Wildman–Crippen LogP) is 1.35. The number of esters is 1. The normalized spacial score (nSPS) is 14.7. The maximum absolute atomic E-state index is 11.6. The van der Waals surface area contributed by atoms with Crippen molar-refractivity contribution in [3.05, 3.63) is 35.9 Å². The smallest absolute Gasteiger partial charge is 0.397 e. The molecular formula is C13H15NO3. The third kappa shape index (κ3) is 3.06. The van der Waals surface area contributed by atoms with E-state index in [2.05, 4.69) is 0 Å². The molecule has 0 N–H and O–H groups in total. The van der Waals surface area contributed by atoms with Crippen LogP contribution in [0.4, 0.5) is 0 Å². The van der Waals surface area contributed by atoms with E-state index in [1.54, 1.807) is 4.90 Å². The molecule has 0 unspecified atom stereocenters. The Morgan fingerprint density at radius 1 is 1.12 bits per heavy atom. The van der Waals surface area contributed by atoms with Crippen LogP contribution in [-0.2, 0) is 20.9 Å². The Hall–Kier alpha value is -1.84. The fraction of sp³-hybridized carbons (Fsp3) is 0.385. The van der Waals surface area contributed by atoms with Gasteiger partial charge in [0, 0.05) is 13.1 Å².